The van der Waals surface area contributed by atoms with E-state index in [0.29, 0.717) is 37.2 Å². The van der Waals surface area contributed by atoms with Crippen LogP contribution < -0.4 is 0 Å². The molecule has 0 radical (unpaired) electrons. The highest BCUT2D eigenvalue weighted by atomic mass is 19.4. The Balaban J connectivity index is 1.29. The summed E-state index contributed by atoms with van der Waals surface area (Å²) in [6.45, 7) is 2.88. The summed E-state index contributed by atoms with van der Waals surface area (Å²) in [6.07, 6.45) is -2.13. The number of likely N-dealkylation sites (tertiary alicyclic amines) is 1. The summed E-state index contributed by atoms with van der Waals surface area (Å²) < 4.78 is 40.2. The predicted molar refractivity (Wildman–Crippen MR) is 105 cm³/mol. The molecule has 30 heavy (non-hydrogen) atoms. The first-order valence-electron chi connectivity index (χ1n) is 10.5. The van der Waals surface area contributed by atoms with Crippen molar-refractivity contribution < 1.29 is 18.0 Å². The minimum absolute atomic E-state index is 0.0429. The highest BCUT2D eigenvalue weighted by Crippen LogP contribution is 2.49. The number of alkyl halides is 3. The number of amides is 1. The summed E-state index contributed by atoms with van der Waals surface area (Å²) in [6, 6.07) is 5.93. The van der Waals surface area contributed by atoms with Crippen LogP contribution >= 0.6 is 0 Å². The number of H-pyrrole nitrogens is 1. The molecule has 2 fully saturated rings. The van der Waals surface area contributed by atoms with Gasteiger partial charge >= 0.3 is 6.18 Å². The number of aromatic nitrogens is 2. The van der Waals surface area contributed by atoms with Gasteiger partial charge < -0.3 is 9.80 Å². The number of benzene rings is 1. The molecule has 1 N–H and O–H groups in total. The summed E-state index contributed by atoms with van der Waals surface area (Å²) in [7, 11) is 2.04. The number of rotatable bonds is 2. The second-order valence-corrected chi connectivity index (χ2v) is 9.00. The number of carbonyl (C=O) groups is 1. The van der Waals surface area contributed by atoms with Crippen LogP contribution in [-0.2, 0) is 19.1 Å². The monoisotopic (exact) mass is 418 g/mol. The van der Waals surface area contributed by atoms with Crippen LogP contribution in [0.3, 0.4) is 0 Å². The van der Waals surface area contributed by atoms with Crippen molar-refractivity contribution in [1.82, 2.24) is 20.0 Å². The first-order chi connectivity index (χ1) is 14.3. The van der Waals surface area contributed by atoms with Gasteiger partial charge in [0.25, 0.3) is 5.91 Å². The van der Waals surface area contributed by atoms with Crippen molar-refractivity contribution in [3.63, 3.8) is 0 Å². The zero-order chi connectivity index (χ0) is 21.0. The van der Waals surface area contributed by atoms with Crippen LogP contribution in [0.25, 0.3) is 0 Å². The molecular weight excluding hydrogens is 393 g/mol. The first kappa shape index (κ1) is 19.6. The average Bonchev–Trinajstić information content (AvgIpc) is 3.39. The lowest BCUT2D eigenvalue weighted by Gasteiger charge is -2.23. The van der Waals surface area contributed by atoms with Crippen LogP contribution in [0.1, 0.15) is 51.6 Å². The maximum absolute atomic E-state index is 13.4. The number of aromatic amines is 1. The molecule has 1 amide bonds. The standard InChI is InChI=1S/C22H25F3N4O/c1-28-7-6-17-19(12-28)26-27-20(17)21(30)29-10-14-8-13(9-15(14)11-29)16-4-2-3-5-18(16)22(23,24)25/h2-5,13-15H,6-12H2,1H3,(H,26,27)/t13?,14-,15+. The molecule has 0 bridgehead atoms. The molecule has 0 spiro atoms. The lowest BCUT2D eigenvalue weighted by atomic mass is 9.91. The van der Waals surface area contributed by atoms with Crippen molar-refractivity contribution in [2.75, 3.05) is 26.7 Å². The summed E-state index contributed by atoms with van der Waals surface area (Å²) >= 11 is 0. The first-order valence-corrected chi connectivity index (χ1v) is 10.5. The van der Waals surface area contributed by atoms with Gasteiger partial charge in [-0.3, -0.25) is 9.89 Å². The lowest BCUT2D eigenvalue weighted by molar-refractivity contribution is -0.138. The number of hydrogen-bond donors (Lipinski definition) is 1. The fourth-order valence-electron chi connectivity index (χ4n) is 5.61. The Labute approximate surface area is 173 Å². The molecule has 2 aromatic rings. The van der Waals surface area contributed by atoms with Crippen molar-refractivity contribution in [3.05, 3.63) is 52.3 Å². The van der Waals surface area contributed by atoms with Gasteiger partial charge in [-0.1, -0.05) is 18.2 Å². The minimum atomic E-state index is -4.33. The number of halogens is 3. The predicted octanol–water partition coefficient (Wildman–Crippen LogP) is 3.68. The van der Waals surface area contributed by atoms with Crippen LogP contribution in [0.2, 0.25) is 0 Å². The van der Waals surface area contributed by atoms with E-state index in [1.54, 1.807) is 12.1 Å². The number of likely N-dealkylation sites (N-methyl/N-ethyl adjacent to an activating group) is 1. The third-order valence-corrected chi connectivity index (χ3v) is 7.07. The molecular formula is C22H25F3N4O. The van der Waals surface area contributed by atoms with E-state index < -0.39 is 11.7 Å². The summed E-state index contributed by atoms with van der Waals surface area (Å²) in [5, 5.41) is 7.32. The molecule has 8 heteroatoms. The van der Waals surface area contributed by atoms with Crippen LogP contribution in [0.4, 0.5) is 13.2 Å². The van der Waals surface area contributed by atoms with Gasteiger partial charge in [0.1, 0.15) is 0 Å². The Bertz CT molecular complexity index is 956. The Morgan fingerprint density at radius 3 is 2.57 bits per heavy atom. The number of nitrogens with zero attached hydrogens (tertiary/aromatic N) is 3. The smallest absolute Gasteiger partial charge is 0.337 e. The zero-order valence-electron chi connectivity index (χ0n) is 16.9. The largest absolute Gasteiger partial charge is 0.416 e. The van der Waals surface area contributed by atoms with Gasteiger partial charge in [0.2, 0.25) is 0 Å². The number of fused-ring (bicyclic) bond motifs is 2. The molecule has 1 aliphatic carbocycles. The molecule has 1 aromatic heterocycles. The van der Waals surface area contributed by atoms with Gasteiger partial charge in [-0.05, 0) is 55.7 Å². The van der Waals surface area contributed by atoms with Gasteiger partial charge in [-0.15, -0.1) is 0 Å². The van der Waals surface area contributed by atoms with Crippen LogP contribution in [0.15, 0.2) is 24.3 Å². The fraction of sp³-hybridized carbons (Fsp3) is 0.545. The quantitative estimate of drug-likeness (QED) is 0.810. The molecule has 1 aromatic carbocycles. The van der Waals surface area contributed by atoms with Gasteiger partial charge in [-0.25, -0.2) is 0 Å². The normalized spacial score (nSPS) is 26.7. The van der Waals surface area contributed by atoms with Crippen LogP contribution in [-0.4, -0.2) is 52.6 Å². The maximum atomic E-state index is 13.4. The molecule has 160 valence electrons. The zero-order valence-corrected chi connectivity index (χ0v) is 16.9. The topological polar surface area (TPSA) is 52.2 Å². The summed E-state index contributed by atoms with van der Waals surface area (Å²) in [5.74, 6) is 0.365. The fourth-order valence-corrected chi connectivity index (χ4v) is 5.61. The van der Waals surface area contributed by atoms with Crippen molar-refractivity contribution in [2.45, 2.75) is 37.9 Å². The van der Waals surface area contributed by atoms with E-state index in [4.69, 9.17) is 0 Å². The number of carbonyl (C=O) groups excluding carboxylic acids is 1. The van der Waals surface area contributed by atoms with Gasteiger partial charge in [0.05, 0.1) is 11.3 Å². The van der Waals surface area contributed by atoms with Crippen LogP contribution in [0.5, 0.6) is 0 Å². The Morgan fingerprint density at radius 1 is 1.17 bits per heavy atom. The molecule has 5 nitrogen and oxygen atoms in total. The maximum Gasteiger partial charge on any atom is 0.416 e. The van der Waals surface area contributed by atoms with E-state index in [-0.39, 0.29) is 23.7 Å². The average molecular weight is 418 g/mol. The molecule has 2 aliphatic heterocycles. The Kier molecular flexibility index (Phi) is 4.65. The number of nitrogens with one attached hydrogen (secondary N) is 1. The van der Waals surface area contributed by atoms with Gasteiger partial charge in [0, 0.05) is 31.7 Å². The highest BCUT2D eigenvalue weighted by molar-refractivity contribution is 5.94. The summed E-state index contributed by atoms with van der Waals surface area (Å²) in [5.41, 5.74) is 2.44. The van der Waals surface area contributed by atoms with E-state index in [1.807, 2.05) is 11.9 Å². The Hall–Kier alpha value is -2.35. The summed E-state index contributed by atoms with van der Waals surface area (Å²) in [4.78, 5) is 17.2. The van der Waals surface area contributed by atoms with Gasteiger partial charge in [-0.2, -0.15) is 18.3 Å². The van der Waals surface area contributed by atoms with Crippen LogP contribution in [0, 0.1) is 11.8 Å². The molecule has 5 rings (SSSR count). The third-order valence-electron chi connectivity index (χ3n) is 7.07. The second-order valence-electron chi connectivity index (χ2n) is 9.00. The van der Waals surface area contributed by atoms with E-state index in [0.717, 1.165) is 30.8 Å². The van der Waals surface area contributed by atoms with Crippen molar-refractivity contribution >= 4 is 5.91 Å². The molecule has 1 unspecified atom stereocenters. The minimum Gasteiger partial charge on any atom is -0.337 e. The molecule has 3 aliphatic rings. The highest BCUT2D eigenvalue weighted by Gasteiger charge is 2.45. The Morgan fingerprint density at radius 2 is 1.87 bits per heavy atom. The molecule has 3 atom stereocenters. The molecule has 1 saturated carbocycles. The van der Waals surface area contributed by atoms with Gasteiger partial charge in [0.15, 0.2) is 5.69 Å². The number of hydrogen-bond acceptors (Lipinski definition) is 3. The molecule has 3 heterocycles. The third kappa shape index (κ3) is 3.31. The van der Waals surface area contributed by atoms with Crippen molar-refractivity contribution in [1.29, 1.82) is 0 Å². The van der Waals surface area contributed by atoms with E-state index in [1.165, 1.54) is 12.1 Å². The molecule has 1 saturated heterocycles. The van der Waals surface area contributed by atoms with Crippen molar-refractivity contribution in [3.8, 4) is 0 Å². The van der Waals surface area contributed by atoms with E-state index in [2.05, 4.69) is 15.1 Å². The van der Waals surface area contributed by atoms with E-state index in [9.17, 15) is 18.0 Å². The van der Waals surface area contributed by atoms with Crippen molar-refractivity contribution in [2.24, 2.45) is 11.8 Å². The SMILES string of the molecule is CN1CCc2c(C(=O)N3C[C@H]4CC(c5ccccc5C(F)(F)F)C[C@H]4C3)n[nH]c2C1. The second kappa shape index (κ2) is 7.11. The van der Waals surface area contributed by atoms with E-state index >= 15 is 0 Å². The lowest BCUT2D eigenvalue weighted by Crippen LogP contribution is -2.32.